The second kappa shape index (κ2) is 9.02. The number of hydrogen-bond acceptors (Lipinski definition) is 6. The number of benzene rings is 1. The Morgan fingerprint density at radius 2 is 1.63 bits per heavy atom. The fourth-order valence-electron chi connectivity index (χ4n) is 2.58. The summed E-state index contributed by atoms with van der Waals surface area (Å²) in [5.74, 6) is 1.28. The minimum absolute atomic E-state index is 0.244. The Balaban J connectivity index is 2.12. The fourth-order valence-corrected chi connectivity index (χ4v) is 2.58. The van der Waals surface area contributed by atoms with Crippen molar-refractivity contribution in [2.24, 2.45) is 0 Å². The van der Waals surface area contributed by atoms with E-state index < -0.39 is 0 Å². The van der Waals surface area contributed by atoms with Crippen LogP contribution in [-0.2, 0) is 11.3 Å². The molecule has 1 aromatic heterocycles. The molecule has 144 valence electrons. The fraction of sp³-hybridized carbons (Fsp3) is 0.350. The minimum Gasteiger partial charge on any atom is -0.493 e. The summed E-state index contributed by atoms with van der Waals surface area (Å²) in [5.41, 5.74) is 4.01. The molecule has 0 bridgehead atoms. The van der Waals surface area contributed by atoms with Crippen molar-refractivity contribution >= 4 is 12.0 Å². The minimum atomic E-state index is -0.244. The van der Waals surface area contributed by atoms with Crippen LogP contribution in [0.1, 0.15) is 28.3 Å². The highest BCUT2D eigenvalue weighted by Crippen LogP contribution is 2.40. The van der Waals surface area contributed by atoms with E-state index in [0.29, 0.717) is 29.4 Å². The van der Waals surface area contributed by atoms with Crippen LogP contribution in [0.2, 0.25) is 0 Å². The highest BCUT2D eigenvalue weighted by atomic mass is 16.5. The number of nitrogens with one attached hydrogen (secondary N) is 1. The Labute approximate surface area is 159 Å². The van der Waals surface area contributed by atoms with Gasteiger partial charge >= 0.3 is 0 Å². The number of aromatic nitrogens is 2. The molecule has 1 aromatic carbocycles. The second-order valence-electron chi connectivity index (χ2n) is 5.90. The van der Waals surface area contributed by atoms with Gasteiger partial charge in [-0.3, -0.25) is 14.8 Å². The van der Waals surface area contributed by atoms with Crippen LogP contribution >= 0.6 is 0 Å². The van der Waals surface area contributed by atoms with Gasteiger partial charge in [0.25, 0.3) is 0 Å². The summed E-state index contributed by atoms with van der Waals surface area (Å²) < 4.78 is 16.0. The van der Waals surface area contributed by atoms with E-state index in [1.54, 1.807) is 25.3 Å². The first-order chi connectivity index (χ1) is 12.9. The van der Waals surface area contributed by atoms with Gasteiger partial charge < -0.3 is 19.5 Å². The summed E-state index contributed by atoms with van der Waals surface area (Å²) in [5, 5.41) is 2.82. The summed E-state index contributed by atoms with van der Waals surface area (Å²) in [4.78, 5) is 21.1. The van der Waals surface area contributed by atoms with Crippen LogP contribution in [0.15, 0.2) is 18.2 Å². The quantitative estimate of drug-likeness (QED) is 0.754. The molecule has 0 aliphatic carbocycles. The highest BCUT2D eigenvalue weighted by molar-refractivity contribution is 5.92. The zero-order chi connectivity index (χ0) is 20.0. The molecule has 0 radical (unpaired) electrons. The molecule has 2 aromatic rings. The van der Waals surface area contributed by atoms with Crippen LogP contribution in [0, 0.1) is 20.8 Å². The van der Waals surface area contributed by atoms with Crippen LogP contribution in [-0.4, -0.2) is 37.2 Å². The van der Waals surface area contributed by atoms with Gasteiger partial charge in [0.2, 0.25) is 11.7 Å². The number of methoxy groups -OCH3 is 3. The molecule has 0 unspecified atom stereocenters. The Hall–Kier alpha value is -3.09. The monoisotopic (exact) mass is 371 g/mol. The molecule has 0 fully saturated rings. The van der Waals surface area contributed by atoms with Crippen molar-refractivity contribution < 1.29 is 19.0 Å². The Morgan fingerprint density at radius 3 is 2.26 bits per heavy atom. The number of hydrogen-bond donors (Lipinski definition) is 1. The number of nitrogens with zero attached hydrogens (tertiary/aromatic N) is 2. The number of carbonyl (C=O) groups excluding carboxylic acids is 1. The number of amides is 1. The zero-order valence-electron chi connectivity index (χ0n) is 16.5. The maximum atomic E-state index is 12.2. The lowest BCUT2D eigenvalue weighted by atomic mass is 10.1. The van der Waals surface area contributed by atoms with Crippen LogP contribution in [0.25, 0.3) is 6.08 Å². The summed E-state index contributed by atoms with van der Waals surface area (Å²) in [6.07, 6.45) is 3.10. The van der Waals surface area contributed by atoms with Gasteiger partial charge in [0.05, 0.1) is 50.6 Å². The smallest absolute Gasteiger partial charge is 0.244 e. The summed E-state index contributed by atoms with van der Waals surface area (Å²) in [6, 6.07) is 3.55. The average Bonchev–Trinajstić information content (AvgIpc) is 2.66. The lowest BCUT2D eigenvalue weighted by molar-refractivity contribution is -0.116. The van der Waals surface area contributed by atoms with Crippen molar-refractivity contribution in [2.45, 2.75) is 27.3 Å². The Morgan fingerprint density at radius 1 is 0.963 bits per heavy atom. The molecule has 0 aliphatic rings. The molecule has 7 heteroatoms. The normalized spacial score (nSPS) is 10.7. The van der Waals surface area contributed by atoms with Gasteiger partial charge in [-0.1, -0.05) is 0 Å². The molecule has 0 saturated carbocycles. The number of rotatable bonds is 7. The molecule has 2 rings (SSSR count). The van der Waals surface area contributed by atoms with Gasteiger partial charge in [0.1, 0.15) is 0 Å². The first-order valence-corrected chi connectivity index (χ1v) is 8.46. The van der Waals surface area contributed by atoms with E-state index in [4.69, 9.17) is 14.2 Å². The molecule has 0 aliphatic heterocycles. The molecule has 1 amide bonds. The van der Waals surface area contributed by atoms with Gasteiger partial charge in [-0.05, 0) is 39.0 Å². The van der Waals surface area contributed by atoms with Gasteiger partial charge in [-0.15, -0.1) is 0 Å². The maximum Gasteiger partial charge on any atom is 0.244 e. The first kappa shape index (κ1) is 20.2. The van der Waals surface area contributed by atoms with Crippen molar-refractivity contribution in [3.05, 3.63) is 46.5 Å². The largest absolute Gasteiger partial charge is 0.493 e. The van der Waals surface area contributed by atoms with Crippen LogP contribution in [0.5, 0.6) is 17.2 Å². The predicted molar refractivity (Wildman–Crippen MR) is 103 cm³/mol. The van der Waals surface area contributed by atoms with Gasteiger partial charge in [0, 0.05) is 11.6 Å². The third kappa shape index (κ3) is 4.75. The standard InChI is InChI=1S/C20H25N3O4/c1-12-13(2)23-16(14(3)22-12)11-21-18(24)10-8-15-7-9-17(25-4)20(27-6)19(15)26-5/h7-10H,11H2,1-6H3,(H,21,24)/b10-8+. The molecule has 1 N–H and O–H groups in total. The molecular formula is C20H25N3O4. The number of ether oxygens (including phenoxy) is 3. The lowest BCUT2D eigenvalue weighted by Gasteiger charge is -2.14. The molecule has 0 saturated heterocycles. The Kier molecular flexibility index (Phi) is 6.76. The van der Waals surface area contributed by atoms with E-state index in [1.807, 2.05) is 20.8 Å². The number of aryl methyl sites for hydroxylation is 3. The molecule has 0 spiro atoms. The first-order valence-electron chi connectivity index (χ1n) is 8.46. The zero-order valence-corrected chi connectivity index (χ0v) is 16.5. The molecule has 1 heterocycles. The van der Waals surface area contributed by atoms with Gasteiger partial charge in [-0.2, -0.15) is 0 Å². The van der Waals surface area contributed by atoms with Crippen molar-refractivity contribution in [3.8, 4) is 17.2 Å². The Bertz CT molecular complexity index is 863. The van der Waals surface area contributed by atoms with Gasteiger partial charge in [-0.25, -0.2) is 0 Å². The van der Waals surface area contributed by atoms with Crippen LogP contribution < -0.4 is 19.5 Å². The van der Waals surface area contributed by atoms with Crippen LogP contribution in [0.4, 0.5) is 0 Å². The van der Waals surface area contributed by atoms with Crippen molar-refractivity contribution in [1.29, 1.82) is 0 Å². The third-order valence-corrected chi connectivity index (χ3v) is 4.16. The van der Waals surface area contributed by atoms with E-state index in [1.165, 1.54) is 20.3 Å². The van der Waals surface area contributed by atoms with Crippen molar-refractivity contribution in [3.63, 3.8) is 0 Å². The summed E-state index contributed by atoms with van der Waals surface area (Å²) in [7, 11) is 4.63. The topological polar surface area (TPSA) is 82.6 Å². The van der Waals surface area contributed by atoms with Crippen molar-refractivity contribution in [2.75, 3.05) is 21.3 Å². The van der Waals surface area contributed by atoms with Crippen LogP contribution in [0.3, 0.4) is 0 Å². The highest BCUT2D eigenvalue weighted by Gasteiger charge is 2.14. The second-order valence-corrected chi connectivity index (χ2v) is 5.90. The molecular weight excluding hydrogens is 346 g/mol. The summed E-state index contributed by atoms with van der Waals surface area (Å²) in [6.45, 7) is 6.00. The third-order valence-electron chi connectivity index (χ3n) is 4.16. The van der Waals surface area contributed by atoms with E-state index in [2.05, 4.69) is 15.3 Å². The van der Waals surface area contributed by atoms with Crippen molar-refractivity contribution in [1.82, 2.24) is 15.3 Å². The van der Waals surface area contributed by atoms with E-state index in [9.17, 15) is 4.79 Å². The molecule has 7 nitrogen and oxygen atoms in total. The SMILES string of the molecule is COc1ccc(/C=C/C(=O)NCc2nc(C)c(C)nc2C)c(OC)c1OC. The van der Waals surface area contributed by atoms with E-state index in [0.717, 1.165) is 22.8 Å². The lowest BCUT2D eigenvalue weighted by Crippen LogP contribution is -2.22. The molecule has 0 atom stereocenters. The number of carbonyl (C=O) groups is 1. The molecule has 27 heavy (non-hydrogen) atoms. The predicted octanol–water partition coefficient (Wildman–Crippen LogP) is 2.76. The maximum absolute atomic E-state index is 12.2. The van der Waals surface area contributed by atoms with Gasteiger partial charge in [0.15, 0.2) is 11.5 Å². The van der Waals surface area contributed by atoms with E-state index in [-0.39, 0.29) is 5.91 Å². The average molecular weight is 371 g/mol. The van der Waals surface area contributed by atoms with E-state index >= 15 is 0 Å². The summed E-state index contributed by atoms with van der Waals surface area (Å²) >= 11 is 0.